The fraction of sp³-hybridized carbons (Fsp3) is 0.423. The summed E-state index contributed by atoms with van der Waals surface area (Å²) in [6.45, 7) is 3.78. The first-order valence-electron chi connectivity index (χ1n) is 12.4. The predicted octanol–water partition coefficient (Wildman–Crippen LogP) is 2.64. The lowest BCUT2D eigenvalue weighted by atomic mass is 9.88. The topological polar surface area (TPSA) is 150 Å². The van der Waals surface area contributed by atoms with Gasteiger partial charge in [0.15, 0.2) is 14.6 Å². The summed E-state index contributed by atoms with van der Waals surface area (Å²) in [5.74, 6) is -4.57. The summed E-state index contributed by atoms with van der Waals surface area (Å²) in [6, 6.07) is 5.48. The van der Waals surface area contributed by atoms with Crippen molar-refractivity contribution in [2.75, 3.05) is 31.0 Å². The standard InChI is InChI=1S/C26H29N3O8S3/c1-14-5-7-16-18(9-14)38-24(23(16)25(33)37-4)27-20(30)12-40(34,35)13-21(31)28-26-29(11-22(32)36-3)17-8-6-15(2)10-19(17)39-26/h6,8,10,14H,5,7,9,11-13H2,1-4H3,(H,27,30). The minimum atomic E-state index is -4.21. The fourth-order valence-electron chi connectivity index (χ4n) is 4.51. The Hall–Kier alpha value is -3.36. The lowest BCUT2D eigenvalue weighted by molar-refractivity contribution is -0.141. The largest absolute Gasteiger partial charge is 0.468 e. The Balaban J connectivity index is 1.53. The van der Waals surface area contributed by atoms with Gasteiger partial charge in [-0.15, -0.1) is 11.3 Å². The minimum absolute atomic E-state index is 0.136. The van der Waals surface area contributed by atoms with Crippen LogP contribution in [0.1, 0.15) is 39.7 Å². The molecule has 11 nitrogen and oxygen atoms in total. The van der Waals surface area contributed by atoms with E-state index in [0.29, 0.717) is 17.9 Å². The first kappa shape index (κ1) is 29.6. The van der Waals surface area contributed by atoms with Crippen LogP contribution in [-0.4, -0.2) is 62.5 Å². The number of rotatable bonds is 8. The van der Waals surface area contributed by atoms with Crippen LogP contribution in [0.25, 0.3) is 10.2 Å². The molecule has 1 atom stereocenters. The molecule has 14 heteroatoms. The van der Waals surface area contributed by atoms with E-state index in [-0.39, 0.29) is 21.9 Å². The number of fused-ring (bicyclic) bond motifs is 2. The molecule has 2 heterocycles. The van der Waals surface area contributed by atoms with Crippen LogP contribution in [0, 0.1) is 12.8 Å². The number of thiophene rings is 1. The number of carbonyl (C=O) groups excluding carboxylic acids is 4. The molecule has 0 bridgehead atoms. The van der Waals surface area contributed by atoms with E-state index in [1.165, 1.54) is 30.1 Å². The molecule has 1 unspecified atom stereocenters. The smallest absolute Gasteiger partial charge is 0.341 e. The number of carbonyl (C=O) groups is 4. The highest BCUT2D eigenvalue weighted by atomic mass is 32.2. The lowest BCUT2D eigenvalue weighted by Crippen LogP contribution is -2.29. The number of benzene rings is 1. The van der Waals surface area contributed by atoms with Gasteiger partial charge in [-0.05, 0) is 55.4 Å². The Bertz CT molecular complexity index is 1680. The molecule has 40 heavy (non-hydrogen) atoms. The summed E-state index contributed by atoms with van der Waals surface area (Å²) in [5.41, 5.74) is 2.67. The van der Waals surface area contributed by atoms with Crippen LogP contribution in [0.3, 0.4) is 0 Å². The molecule has 0 saturated heterocycles. The summed E-state index contributed by atoms with van der Waals surface area (Å²) >= 11 is 2.37. The Labute approximate surface area is 238 Å². The Morgan fingerprint density at radius 2 is 1.88 bits per heavy atom. The van der Waals surface area contributed by atoms with Crippen LogP contribution < -0.4 is 10.1 Å². The van der Waals surface area contributed by atoms with Gasteiger partial charge in [0.2, 0.25) is 5.91 Å². The van der Waals surface area contributed by atoms with Crippen LogP contribution >= 0.6 is 22.7 Å². The van der Waals surface area contributed by atoms with Crippen molar-refractivity contribution < 1.29 is 37.1 Å². The van der Waals surface area contributed by atoms with Crippen LogP contribution in [0.5, 0.6) is 0 Å². The molecule has 4 rings (SSSR count). The molecule has 1 aliphatic rings. The number of sulfone groups is 1. The highest BCUT2D eigenvalue weighted by Gasteiger charge is 2.30. The van der Waals surface area contributed by atoms with Crippen molar-refractivity contribution in [3.63, 3.8) is 0 Å². The van der Waals surface area contributed by atoms with Gasteiger partial charge in [-0.3, -0.25) is 14.4 Å². The number of ether oxygens (including phenoxy) is 2. The van der Waals surface area contributed by atoms with Crippen molar-refractivity contribution in [1.29, 1.82) is 0 Å². The Morgan fingerprint density at radius 3 is 2.58 bits per heavy atom. The molecule has 0 radical (unpaired) electrons. The number of methoxy groups -OCH3 is 2. The second-order valence-corrected chi connectivity index (χ2v) is 13.8. The average Bonchev–Trinajstić information content (AvgIpc) is 3.38. The summed E-state index contributed by atoms with van der Waals surface area (Å²) < 4.78 is 37.4. The zero-order valence-corrected chi connectivity index (χ0v) is 24.9. The molecule has 1 N–H and O–H groups in total. The van der Waals surface area contributed by atoms with Crippen molar-refractivity contribution in [3.05, 3.63) is 44.6 Å². The van der Waals surface area contributed by atoms with Crippen molar-refractivity contribution in [2.45, 2.75) is 39.7 Å². The van der Waals surface area contributed by atoms with Crippen LogP contribution in [0.15, 0.2) is 23.2 Å². The first-order valence-corrected chi connectivity index (χ1v) is 15.8. The van der Waals surface area contributed by atoms with Gasteiger partial charge in [0, 0.05) is 4.88 Å². The SMILES string of the molecule is COC(=O)Cn1c(=NC(=O)CS(=O)(=O)CC(=O)Nc2sc3c(c2C(=O)OC)CCC(C)C3)sc2cc(C)ccc21. The number of aromatic nitrogens is 1. The molecule has 0 saturated carbocycles. The number of hydrogen-bond donors (Lipinski definition) is 1. The Morgan fingerprint density at radius 1 is 1.12 bits per heavy atom. The van der Waals surface area contributed by atoms with Crippen molar-refractivity contribution in [2.24, 2.45) is 10.9 Å². The third kappa shape index (κ3) is 6.67. The number of aryl methyl sites for hydroxylation is 1. The lowest BCUT2D eigenvalue weighted by Gasteiger charge is -2.18. The van der Waals surface area contributed by atoms with Crippen LogP contribution in [-0.2, 0) is 53.1 Å². The number of hydrogen-bond acceptors (Lipinski definition) is 10. The monoisotopic (exact) mass is 607 g/mol. The molecule has 1 aromatic carbocycles. The molecule has 1 aliphatic carbocycles. The van der Waals surface area contributed by atoms with E-state index in [2.05, 4.69) is 17.2 Å². The second kappa shape index (κ2) is 12.0. The molecular weight excluding hydrogens is 579 g/mol. The van der Waals surface area contributed by atoms with Gasteiger partial charge in [0.25, 0.3) is 5.91 Å². The van der Waals surface area contributed by atoms with E-state index in [4.69, 9.17) is 9.47 Å². The number of esters is 2. The normalized spacial score (nSPS) is 15.5. The third-order valence-corrected chi connectivity index (χ3v) is 10.0. The number of amides is 2. The third-order valence-electron chi connectivity index (χ3n) is 6.42. The van der Waals surface area contributed by atoms with E-state index in [1.54, 1.807) is 6.07 Å². The van der Waals surface area contributed by atoms with Crippen molar-refractivity contribution >= 4 is 71.5 Å². The summed E-state index contributed by atoms with van der Waals surface area (Å²) in [4.78, 5) is 54.9. The zero-order valence-electron chi connectivity index (χ0n) is 22.4. The van der Waals surface area contributed by atoms with Gasteiger partial charge in [-0.1, -0.05) is 24.3 Å². The van der Waals surface area contributed by atoms with Crippen molar-refractivity contribution in [1.82, 2.24) is 4.57 Å². The maximum Gasteiger partial charge on any atom is 0.341 e. The molecule has 0 spiro atoms. The predicted molar refractivity (Wildman–Crippen MR) is 151 cm³/mol. The van der Waals surface area contributed by atoms with Gasteiger partial charge in [-0.25, -0.2) is 13.2 Å². The molecule has 0 aliphatic heterocycles. The average molecular weight is 608 g/mol. The highest BCUT2D eigenvalue weighted by molar-refractivity contribution is 7.92. The van der Waals surface area contributed by atoms with Gasteiger partial charge >= 0.3 is 11.9 Å². The molecule has 0 fully saturated rings. The first-order chi connectivity index (χ1) is 18.9. The maximum atomic E-state index is 12.8. The van der Waals surface area contributed by atoms with E-state index < -0.39 is 45.1 Å². The van der Waals surface area contributed by atoms with Gasteiger partial charge in [0.05, 0.1) is 30.0 Å². The van der Waals surface area contributed by atoms with E-state index in [0.717, 1.165) is 44.9 Å². The number of thiazole rings is 1. The van der Waals surface area contributed by atoms with E-state index in [9.17, 15) is 27.6 Å². The number of nitrogens with zero attached hydrogens (tertiary/aromatic N) is 2. The number of nitrogens with one attached hydrogen (secondary N) is 1. The fourth-order valence-corrected chi connectivity index (χ4v) is 8.08. The quantitative estimate of drug-likeness (QED) is 0.384. The summed E-state index contributed by atoms with van der Waals surface area (Å²) in [7, 11) is -1.73. The highest BCUT2D eigenvalue weighted by Crippen LogP contribution is 2.40. The number of anilines is 1. The maximum absolute atomic E-state index is 12.8. The molecular formula is C26H29N3O8S3. The molecule has 3 aromatic rings. The molecule has 2 aromatic heterocycles. The van der Waals surface area contributed by atoms with Gasteiger partial charge in [-0.2, -0.15) is 4.99 Å². The summed E-state index contributed by atoms with van der Waals surface area (Å²) in [5, 5.41) is 2.78. The van der Waals surface area contributed by atoms with Crippen LogP contribution in [0.4, 0.5) is 5.00 Å². The molecule has 214 valence electrons. The van der Waals surface area contributed by atoms with E-state index >= 15 is 0 Å². The Kier molecular flexibility index (Phi) is 8.90. The summed E-state index contributed by atoms with van der Waals surface area (Å²) in [6.07, 6.45) is 2.30. The second-order valence-electron chi connectivity index (χ2n) is 9.65. The van der Waals surface area contributed by atoms with E-state index in [1.807, 2.05) is 19.1 Å². The van der Waals surface area contributed by atoms with Crippen LogP contribution in [0.2, 0.25) is 0 Å². The van der Waals surface area contributed by atoms with Gasteiger partial charge in [0.1, 0.15) is 23.1 Å². The van der Waals surface area contributed by atoms with Crippen molar-refractivity contribution in [3.8, 4) is 0 Å². The van der Waals surface area contributed by atoms with Gasteiger partial charge < -0.3 is 19.4 Å². The molecule has 2 amide bonds. The zero-order chi connectivity index (χ0) is 29.2. The minimum Gasteiger partial charge on any atom is -0.468 e.